The summed E-state index contributed by atoms with van der Waals surface area (Å²) in [4.78, 5) is 27.5. The smallest absolute Gasteiger partial charge is 0.290 e. The molecule has 6 heteroatoms. The van der Waals surface area contributed by atoms with Crippen LogP contribution in [0, 0.1) is 12.7 Å². The molecule has 2 saturated heterocycles. The molecule has 1 spiro atoms. The van der Waals surface area contributed by atoms with Crippen molar-refractivity contribution in [2.75, 3.05) is 6.54 Å². The number of aryl methyl sites for hydroxylation is 1. The molecule has 3 aromatic rings. The van der Waals surface area contributed by atoms with Crippen LogP contribution in [0.15, 0.2) is 52.9 Å². The highest BCUT2D eigenvalue weighted by molar-refractivity contribution is 5.96. The Morgan fingerprint density at radius 1 is 1.17 bits per heavy atom. The minimum atomic E-state index is -0.536. The minimum absolute atomic E-state index is 0.00405. The summed E-state index contributed by atoms with van der Waals surface area (Å²) < 4.78 is 19.5. The lowest BCUT2D eigenvalue weighted by Gasteiger charge is -2.48. The van der Waals surface area contributed by atoms with Crippen molar-refractivity contribution >= 4 is 22.8 Å². The van der Waals surface area contributed by atoms with Crippen molar-refractivity contribution in [1.29, 1.82) is 0 Å². The maximum atomic E-state index is 13.6. The SMILES string of the molecule is Cc1ccc2oc(C(=O)N3CCC[C@]4(CCC(=O)N4)[C@H]3c3ccc(F)cc3)cc2c1. The number of nitrogens with zero attached hydrogens (tertiary/aromatic N) is 1. The van der Waals surface area contributed by atoms with Crippen molar-refractivity contribution < 1.29 is 18.4 Å². The average molecular weight is 406 g/mol. The first-order valence-corrected chi connectivity index (χ1v) is 10.3. The molecule has 0 unspecified atom stereocenters. The standard InChI is InChI=1S/C24H23FN2O3/c1-15-3-8-19-17(13-15)14-20(30-19)23(29)27-12-2-10-24(11-9-21(28)26-24)22(27)16-4-6-18(25)7-5-16/h3-8,13-14,22H,2,9-12H2,1H3,(H,26,28)/t22-,24+/m1/s1. The lowest BCUT2D eigenvalue weighted by atomic mass is 9.76. The van der Waals surface area contributed by atoms with Crippen LogP contribution in [-0.2, 0) is 4.79 Å². The van der Waals surface area contributed by atoms with Gasteiger partial charge < -0.3 is 14.6 Å². The van der Waals surface area contributed by atoms with Gasteiger partial charge in [0.15, 0.2) is 5.76 Å². The van der Waals surface area contributed by atoms with Crippen molar-refractivity contribution in [3.63, 3.8) is 0 Å². The van der Waals surface area contributed by atoms with E-state index in [0.29, 0.717) is 25.0 Å². The van der Waals surface area contributed by atoms with Crippen LogP contribution in [-0.4, -0.2) is 28.8 Å². The zero-order valence-electron chi connectivity index (χ0n) is 16.8. The van der Waals surface area contributed by atoms with Gasteiger partial charge in [-0.25, -0.2) is 4.39 Å². The molecule has 0 saturated carbocycles. The van der Waals surface area contributed by atoms with Gasteiger partial charge in [0, 0.05) is 18.4 Å². The second-order valence-corrected chi connectivity index (χ2v) is 8.41. The number of halogens is 1. The number of hydrogen-bond donors (Lipinski definition) is 1. The fraction of sp³-hybridized carbons (Fsp3) is 0.333. The molecule has 5 nitrogen and oxygen atoms in total. The lowest BCUT2D eigenvalue weighted by molar-refractivity contribution is -0.120. The summed E-state index contributed by atoms with van der Waals surface area (Å²) >= 11 is 0. The Morgan fingerprint density at radius 2 is 1.97 bits per heavy atom. The van der Waals surface area contributed by atoms with Crippen LogP contribution in [0.4, 0.5) is 4.39 Å². The molecular weight excluding hydrogens is 383 g/mol. The first-order chi connectivity index (χ1) is 14.4. The van der Waals surface area contributed by atoms with Gasteiger partial charge in [0.1, 0.15) is 11.4 Å². The Labute approximate surface area is 173 Å². The van der Waals surface area contributed by atoms with E-state index in [9.17, 15) is 14.0 Å². The molecule has 2 fully saturated rings. The van der Waals surface area contributed by atoms with Gasteiger partial charge in [-0.05, 0) is 62.1 Å². The zero-order chi connectivity index (χ0) is 20.9. The maximum absolute atomic E-state index is 13.6. The monoisotopic (exact) mass is 406 g/mol. The van der Waals surface area contributed by atoms with Crippen LogP contribution in [0.2, 0.25) is 0 Å². The predicted molar refractivity (Wildman–Crippen MR) is 110 cm³/mol. The third-order valence-corrected chi connectivity index (χ3v) is 6.37. The van der Waals surface area contributed by atoms with E-state index < -0.39 is 5.54 Å². The van der Waals surface area contributed by atoms with Gasteiger partial charge in [-0.3, -0.25) is 9.59 Å². The quantitative estimate of drug-likeness (QED) is 0.681. The highest BCUT2D eigenvalue weighted by Crippen LogP contribution is 2.45. The van der Waals surface area contributed by atoms with E-state index in [-0.39, 0.29) is 29.4 Å². The Kier molecular flexibility index (Phi) is 4.38. The number of hydrogen-bond acceptors (Lipinski definition) is 3. The number of likely N-dealkylation sites (tertiary alicyclic amines) is 1. The van der Waals surface area contributed by atoms with Crippen molar-refractivity contribution in [2.45, 2.75) is 44.2 Å². The Bertz CT molecular complexity index is 1140. The molecule has 2 aliphatic heterocycles. The number of carbonyl (C=O) groups excluding carboxylic acids is 2. The van der Waals surface area contributed by atoms with Gasteiger partial charge in [0.05, 0.1) is 11.6 Å². The topological polar surface area (TPSA) is 62.6 Å². The van der Waals surface area contributed by atoms with Crippen LogP contribution in [0.3, 0.4) is 0 Å². The van der Waals surface area contributed by atoms with Crippen LogP contribution in [0.5, 0.6) is 0 Å². The molecule has 5 rings (SSSR count). The zero-order valence-corrected chi connectivity index (χ0v) is 16.8. The summed E-state index contributed by atoms with van der Waals surface area (Å²) in [6.45, 7) is 2.55. The van der Waals surface area contributed by atoms with Crippen LogP contribution < -0.4 is 5.32 Å². The molecule has 154 valence electrons. The van der Waals surface area contributed by atoms with E-state index in [1.165, 1.54) is 12.1 Å². The minimum Gasteiger partial charge on any atom is -0.451 e. The van der Waals surface area contributed by atoms with E-state index >= 15 is 0 Å². The Hall–Kier alpha value is -3.15. The maximum Gasteiger partial charge on any atom is 0.290 e. The first-order valence-electron chi connectivity index (χ1n) is 10.3. The fourth-order valence-corrected chi connectivity index (χ4v) is 5.03. The molecule has 30 heavy (non-hydrogen) atoms. The summed E-state index contributed by atoms with van der Waals surface area (Å²) in [6.07, 6.45) is 2.65. The third kappa shape index (κ3) is 3.07. The molecular formula is C24H23FN2O3. The summed E-state index contributed by atoms with van der Waals surface area (Å²) in [6, 6.07) is 13.4. The van der Waals surface area contributed by atoms with Crippen LogP contribution in [0.1, 0.15) is 53.4 Å². The van der Waals surface area contributed by atoms with Gasteiger partial charge in [-0.2, -0.15) is 0 Å². The number of furan rings is 1. The van der Waals surface area contributed by atoms with Gasteiger partial charge in [-0.1, -0.05) is 23.8 Å². The number of carbonyl (C=O) groups is 2. The van der Waals surface area contributed by atoms with E-state index in [0.717, 1.165) is 29.4 Å². The number of fused-ring (bicyclic) bond motifs is 1. The number of rotatable bonds is 2. The second kappa shape index (κ2) is 6.97. The van der Waals surface area contributed by atoms with Crippen molar-refractivity contribution in [3.05, 3.63) is 71.2 Å². The molecule has 0 bridgehead atoms. The van der Waals surface area contributed by atoms with Gasteiger partial charge in [0.2, 0.25) is 5.91 Å². The third-order valence-electron chi connectivity index (χ3n) is 6.37. The van der Waals surface area contributed by atoms with E-state index in [4.69, 9.17) is 4.42 Å². The number of piperidine rings is 1. The number of benzene rings is 2. The van der Waals surface area contributed by atoms with Gasteiger partial charge in [0.25, 0.3) is 5.91 Å². The molecule has 3 heterocycles. The fourth-order valence-electron chi connectivity index (χ4n) is 5.03. The lowest BCUT2D eigenvalue weighted by Crippen LogP contribution is -2.58. The summed E-state index contributed by atoms with van der Waals surface area (Å²) in [5.74, 6) is -0.261. The Balaban J connectivity index is 1.57. The van der Waals surface area contributed by atoms with E-state index in [1.807, 2.05) is 25.1 Å². The van der Waals surface area contributed by atoms with Gasteiger partial charge >= 0.3 is 0 Å². The van der Waals surface area contributed by atoms with Crippen molar-refractivity contribution in [3.8, 4) is 0 Å². The molecule has 2 atom stereocenters. The van der Waals surface area contributed by atoms with E-state index in [2.05, 4.69) is 5.32 Å². The second-order valence-electron chi connectivity index (χ2n) is 8.41. The number of amides is 2. The largest absolute Gasteiger partial charge is 0.451 e. The van der Waals surface area contributed by atoms with Crippen LogP contribution in [0.25, 0.3) is 11.0 Å². The first kappa shape index (κ1) is 18.9. The normalized spacial score (nSPS) is 23.9. The van der Waals surface area contributed by atoms with Crippen molar-refractivity contribution in [2.24, 2.45) is 0 Å². The predicted octanol–water partition coefficient (Wildman–Crippen LogP) is 4.51. The van der Waals surface area contributed by atoms with E-state index in [1.54, 1.807) is 23.1 Å². The van der Waals surface area contributed by atoms with Crippen molar-refractivity contribution in [1.82, 2.24) is 10.2 Å². The summed E-state index contributed by atoms with van der Waals surface area (Å²) in [7, 11) is 0. The summed E-state index contributed by atoms with van der Waals surface area (Å²) in [5.41, 5.74) is 2.05. The van der Waals surface area contributed by atoms with Crippen LogP contribution >= 0.6 is 0 Å². The average Bonchev–Trinajstić information content (AvgIpc) is 3.31. The molecule has 1 N–H and O–H groups in total. The molecule has 2 amide bonds. The molecule has 2 aromatic carbocycles. The summed E-state index contributed by atoms with van der Waals surface area (Å²) in [5, 5.41) is 4.03. The molecule has 0 radical (unpaired) electrons. The highest BCUT2D eigenvalue weighted by atomic mass is 19.1. The Morgan fingerprint density at radius 3 is 2.70 bits per heavy atom. The molecule has 0 aliphatic carbocycles. The molecule has 1 aromatic heterocycles. The van der Waals surface area contributed by atoms with Gasteiger partial charge in [-0.15, -0.1) is 0 Å². The number of nitrogens with one attached hydrogen (secondary N) is 1. The molecule has 2 aliphatic rings. The highest BCUT2D eigenvalue weighted by Gasteiger charge is 2.51.